The van der Waals surface area contributed by atoms with Gasteiger partial charge in [0, 0.05) is 13.1 Å². The molecular formula is C5H11NO2S. The largest absolute Gasteiger partial charge is 0.365 e. The van der Waals surface area contributed by atoms with E-state index >= 15 is 0 Å². The van der Waals surface area contributed by atoms with Crippen LogP contribution in [0.3, 0.4) is 0 Å². The molecule has 1 atom stereocenters. The highest BCUT2D eigenvalue weighted by molar-refractivity contribution is 7.82. The topological polar surface area (TPSA) is 29.5 Å². The first-order valence-electron chi connectivity index (χ1n) is 3.05. The molecule has 1 aliphatic rings. The smallest absolute Gasteiger partial charge is 0.136 e. The van der Waals surface area contributed by atoms with E-state index in [4.69, 9.17) is 4.74 Å². The van der Waals surface area contributed by atoms with Gasteiger partial charge in [0.05, 0.1) is 6.61 Å². The van der Waals surface area contributed by atoms with Crippen molar-refractivity contribution < 1.29 is 8.95 Å². The maximum absolute atomic E-state index is 10.9. The summed E-state index contributed by atoms with van der Waals surface area (Å²) in [6.45, 7) is 4.39. The highest BCUT2D eigenvalue weighted by Crippen LogP contribution is 2.01. The summed E-state index contributed by atoms with van der Waals surface area (Å²) in [5.41, 5.74) is 0. The lowest BCUT2D eigenvalue weighted by Gasteiger charge is -2.23. The summed E-state index contributed by atoms with van der Waals surface area (Å²) < 4.78 is 17.8. The Morgan fingerprint density at radius 3 is 3.00 bits per heavy atom. The number of likely N-dealkylation sites (N-methyl/N-ethyl adjacent to an activating group) is 1. The zero-order valence-electron chi connectivity index (χ0n) is 5.50. The minimum absolute atomic E-state index is 0.383. The molecule has 4 heteroatoms. The van der Waals surface area contributed by atoms with Gasteiger partial charge in [0.25, 0.3) is 0 Å². The van der Waals surface area contributed by atoms with Crippen LogP contribution in [-0.2, 0) is 15.7 Å². The Bertz CT molecular complexity index is 118. The molecule has 0 N–H and O–H groups in total. The van der Waals surface area contributed by atoms with Gasteiger partial charge in [-0.25, -0.2) is 8.51 Å². The van der Waals surface area contributed by atoms with Crippen LogP contribution >= 0.6 is 0 Å². The molecule has 1 saturated heterocycles. The minimum Gasteiger partial charge on any atom is -0.365 e. The summed E-state index contributed by atoms with van der Waals surface area (Å²) in [5.74, 6) is 0.383. The first kappa shape index (κ1) is 7.18. The van der Waals surface area contributed by atoms with Crippen molar-refractivity contribution in [3.05, 3.63) is 0 Å². The molecule has 3 nitrogen and oxygen atoms in total. The number of rotatable bonds is 1. The number of nitrogens with zero attached hydrogens (tertiary/aromatic N) is 1. The number of hydrogen-bond acceptors (Lipinski definition) is 2. The third kappa shape index (κ3) is 1.74. The Labute approximate surface area is 57.6 Å². The molecule has 1 heterocycles. The second-order valence-corrected chi connectivity index (χ2v) is 3.26. The lowest BCUT2D eigenvalue weighted by atomic mass is 10.6. The maximum atomic E-state index is 10.9. The second kappa shape index (κ2) is 3.29. The van der Waals surface area contributed by atoms with Gasteiger partial charge in [-0.05, 0) is 0 Å². The molecule has 0 bridgehead atoms. The highest BCUT2D eigenvalue weighted by atomic mass is 32.2. The van der Waals surface area contributed by atoms with Crippen molar-refractivity contribution in [1.29, 1.82) is 0 Å². The van der Waals surface area contributed by atoms with Crippen LogP contribution in [0.2, 0.25) is 0 Å². The van der Waals surface area contributed by atoms with Gasteiger partial charge in [-0.3, -0.25) is 0 Å². The molecule has 1 aliphatic heterocycles. The third-order valence-corrected chi connectivity index (χ3v) is 2.69. The Kier molecular flexibility index (Phi) is 2.63. The predicted octanol–water partition coefficient (Wildman–Crippen LogP) is -0.0403. The fraction of sp³-hybridized carbons (Fsp3) is 1.00. The molecule has 0 spiro atoms. The van der Waals surface area contributed by atoms with E-state index in [2.05, 4.69) is 0 Å². The Morgan fingerprint density at radius 1 is 1.78 bits per heavy atom. The van der Waals surface area contributed by atoms with Crippen molar-refractivity contribution in [2.45, 2.75) is 6.92 Å². The van der Waals surface area contributed by atoms with Crippen LogP contribution in [0.1, 0.15) is 6.92 Å². The van der Waals surface area contributed by atoms with E-state index in [1.54, 1.807) is 0 Å². The molecule has 1 rings (SSSR count). The van der Waals surface area contributed by atoms with E-state index in [1.807, 2.05) is 11.2 Å². The molecule has 0 radical (unpaired) electrons. The molecular weight excluding hydrogens is 138 g/mol. The van der Waals surface area contributed by atoms with Gasteiger partial charge in [-0.2, -0.15) is 0 Å². The van der Waals surface area contributed by atoms with Crippen molar-refractivity contribution >= 4 is 11.0 Å². The standard InChI is InChI=1S/C5H11NO2S/c1-2-6-3-4-8-5-9(6)7/h2-5H2,1H3. The molecule has 0 aromatic heterocycles. The van der Waals surface area contributed by atoms with Gasteiger partial charge in [0.2, 0.25) is 0 Å². The normalized spacial score (nSPS) is 30.6. The Balaban J connectivity index is 2.39. The first-order chi connectivity index (χ1) is 4.34. The van der Waals surface area contributed by atoms with Crippen LogP contribution in [-0.4, -0.2) is 34.1 Å². The zero-order valence-corrected chi connectivity index (χ0v) is 6.32. The van der Waals surface area contributed by atoms with Gasteiger partial charge in [-0.1, -0.05) is 6.92 Å². The summed E-state index contributed by atoms with van der Waals surface area (Å²) in [5, 5.41) is 0. The fourth-order valence-corrected chi connectivity index (χ4v) is 1.75. The first-order valence-corrected chi connectivity index (χ1v) is 4.33. The molecule has 9 heavy (non-hydrogen) atoms. The van der Waals surface area contributed by atoms with Crippen LogP contribution in [0.25, 0.3) is 0 Å². The van der Waals surface area contributed by atoms with Crippen LogP contribution in [0.4, 0.5) is 0 Å². The monoisotopic (exact) mass is 149 g/mol. The van der Waals surface area contributed by atoms with Gasteiger partial charge in [0.15, 0.2) is 0 Å². The molecule has 54 valence electrons. The Hall–Kier alpha value is 0.0700. The quantitative estimate of drug-likeness (QED) is 0.523. The van der Waals surface area contributed by atoms with Gasteiger partial charge < -0.3 is 4.74 Å². The minimum atomic E-state index is -0.867. The van der Waals surface area contributed by atoms with Crippen LogP contribution < -0.4 is 0 Å². The third-order valence-electron chi connectivity index (χ3n) is 1.31. The molecule has 0 aliphatic carbocycles. The predicted molar refractivity (Wildman–Crippen MR) is 36.2 cm³/mol. The van der Waals surface area contributed by atoms with E-state index in [1.165, 1.54) is 0 Å². The fourth-order valence-electron chi connectivity index (χ4n) is 0.775. The average molecular weight is 149 g/mol. The Morgan fingerprint density at radius 2 is 2.56 bits per heavy atom. The van der Waals surface area contributed by atoms with Crippen molar-refractivity contribution in [1.82, 2.24) is 4.31 Å². The average Bonchev–Trinajstić information content (AvgIpc) is 1.89. The molecule has 0 saturated carbocycles. The van der Waals surface area contributed by atoms with E-state index in [0.717, 1.165) is 19.7 Å². The summed E-state index contributed by atoms with van der Waals surface area (Å²) in [6.07, 6.45) is 0. The number of ether oxygens (including phenoxy) is 1. The molecule has 0 aromatic carbocycles. The van der Waals surface area contributed by atoms with Crippen LogP contribution in [0.15, 0.2) is 0 Å². The second-order valence-electron chi connectivity index (χ2n) is 1.87. The summed E-state index contributed by atoms with van der Waals surface area (Å²) >= 11 is 0. The zero-order chi connectivity index (χ0) is 6.69. The summed E-state index contributed by atoms with van der Waals surface area (Å²) in [7, 11) is -0.867. The summed E-state index contributed by atoms with van der Waals surface area (Å²) in [6, 6.07) is 0. The van der Waals surface area contributed by atoms with E-state index < -0.39 is 11.0 Å². The van der Waals surface area contributed by atoms with Crippen molar-refractivity contribution in [3.63, 3.8) is 0 Å². The van der Waals surface area contributed by atoms with E-state index in [9.17, 15) is 4.21 Å². The lowest BCUT2D eigenvalue weighted by molar-refractivity contribution is 0.142. The van der Waals surface area contributed by atoms with Crippen molar-refractivity contribution in [2.75, 3.05) is 25.6 Å². The summed E-state index contributed by atoms with van der Waals surface area (Å²) in [4.78, 5) is 0. The van der Waals surface area contributed by atoms with Gasteiger partial charge in [-0.15, -0.1) is 0 Å². The van der Waals surface area contributed by atoms with Crippen LogP contribution in [0.5, 0.6) is 0 Å². The molecule has 0 aromatic rings. The van der Waals surface area contributed by atoms with Gasteiger partial charge in [0.1, 0.15) is 16.9 Å². The van der Waals surface area contributed by atoms with Gasteiger partial charge >= 0.3 is 0 Å². The SMILES string of the molecule is CCN1CCOCS1=O. The van der Waals surface area contributed by atoms with E-state index in [-0.39, 0.29) is 0 Å². The number of hydrogen-bond donors (Lipinski definition) is 0. The molecule has 1 unspecified atom stereocenters. The van der Waals surface area contributed by atoms with Crippen LogP contribution in [0, 0.1) is 0 Å². The highest BCUT2D eigenvalue weighted by Gasteiger charge is 2.14. The lowest BCUT2D eigenvalue weighted by Crippen LogP contribution is -2.36. The van der Waals surface area contributed by atoms with E-state index in [0.29, 0.717) is 5.94 Å². The van der Waals surface area contributed by atoms with Crippen molar-refractivity contribution in [3.8, 4) is 0 Å². The molecule has 1 fully saturated rings. The molecule has 0 amide bonds. The maximum Gasteiger partial charge on any atom is 0.136 e. The van der Waals surface area contributed by atoms with Crippen molar-refractivity contribution in [2.24, 2.45) is 0 Å².